The fraction of sp³-hybridized carbons (Fsp3) is 0.316. The van der Waals surface area contributed by atoms with E-state index in [1.165, 1.54) is 22.5 Å². The van der Waals surface area contributed by atoms with Gasteiger partial charge in [-0.3, -0.25) is 13.8 Å². The second kappa shape index (κ2) is 7.25. The van der Waals surface area contributed by atoms with Crippen molar-refractivity contribution in [3.8, 4) is 0 Å². The smallest absolute Gasteiger partial charge is 0.272 e. The van der Waals surface area contributed by atoms with Crippen LogP contribution in [-0.4, -0.2) is 19.2 Å². The molecule has 0 unspecified atom stereocenters. The van der Waals surface area contributed by atoms with Gasteiger partial charge in [-0.25, -0.2) is 0 Å². The van der Waals surface area contributed by atoms with Gasteiger partial charge in [0.2, 0.25) is 5.78 Å². The van der Waals surface area contributed by atoms with Gasteiger partial charge in [-0.05, 0) is 30.4 Å². The van der Waals surface area contributed by atoms with Gasteiger partial charge in [0.15, 0.2) is 5.16 Å². The first-order valence-corrected chi connectivity index (χ1v) is 10.6. The van der Waals surface area contributed by atoms with Crippen molar-refractivity contribution in [1.82, 2.24) is 19.2 Å². The third-order valence-corrected chi connectivity index (χ3v) is 6.30. The molecule has 0 saturated heterocycles. The summed E-state index contributed by atoms with van der Waals surface area (Å²) < 4.78 is 4.57. The van der Waals surface area contributed by atoms with Crippen LogP contribution in [0.25, 0.3) is 16.0 Å². The maximum Gasteiger partial charge on any atom is 0.272 e. The molecule has 0 fully saturated rings. The SMILES string of the molecule is CCCCn1c(=O)c2sccc2n2c(SCc3ccc(C)cc3)nnc12. The molecule has 5 nitrogen and oxygen atoms in total. The number of rotatable bonds is 6. The predicted molar refractivity (Wildman–Crippen MR) is 108 cm³/mol. The Kier molecular flexibility index (Phi) is 4.82. The molecule has 0 aliphatic carbocycles. The zero-order valence-corrected chi connectivity index (χ0v) is 16.4. The van der Waals surface area contributed by atoms with Gasteiger partial charge >= 0.3 is 0 Å². The molecule has 0 amide bonds. The number of benzene rings is 1. The highest BCUT2D eigenvalue weighted by molar-refractivity contribution is 7.98. The first-order valence-electron chi connectivity index (χ1n) is 8.72. The number of aromatic nitrogens is 4. The molecule has 3 heterocycles. The normalized spacial score (nSPS) is 11.6. The van der Waals surface area contributed by atoms with Crippen LogP contribution in [0.4, 0.5) is 0 Å². The molecule has 7 heteroatoms. The number of unbranched alkanes of at least 4 members (excludes halogenated alkanes) is 1. The third kappa shape index (κ3) is 3.05. The number of thiophene rings is 1. The Labute approximate surface area is 159 Å². The van der Waals surface area contributed by atoms with E-state index in [1.807, 2.05) is 15.8 Å². The lowest BCUT2D eigenvalue weighted by Crippen LogP contribution is -2.22. The maximum atomic E-state index is 12.8. The van der Waals surface area contributed by atoms with Crippen molar-refractivity contribution < 1.29 is 0 Å². The summed E-state index contributed by atoms with van der Waals surface area (Å²) in [5.41, 5.74) is 3.45. The van der Waals surface area contributed by atoms with Crippen LogP contribution in [0.3, 0.4) is 0 Å². The number of hydrogen-bond acceptors (Lipinski definition) is 5. The second-order valence-electron chi connectivity index (χ2n) is 6.34. The minimum atomic E-state index is 0.0402. The van der Waals surface area contributed by atoms with E-state index in [0.29, 0.717) is 12.3 Å². The molecular formula is C19H20N4OS2. The fourth-order valence-electron chi connectivity index (χ4n) is 2.94. The summed E-state index contributed by atoms with van der Waals surface area (Å²) in [5, 5.41) is 11.5. The lowest BCUT2D eigenvalue weighted by atomic mass is 10.2. The number of thioether (sulfide) groups is 1. The van der Waals surface area contributed by atoms with Gasteiger partial charge < -0.3 is 0 Å². The van der Waals surface area contributed by atoms with Crippen LogP contribution in [0.2, 0.25) is 0 Å². The van der Waals surface area contributed by atoms with Crippen molar-refractivity contribution in [3.63, 3.8) is 0 Å². The number of aryl methyl sites for hydroxylation is 2. The van der Waals surface area contributed by atoms with Crippen molar-refractivity contribution in [3.05, 3.63) is 57.2 Å². The Bertz CT molecular complexity index is 1110. The molecule has 0 bridgehead atoms. The lowest BCUT2D eigenvalue weighted by molar-refractivity contribution is 0.621. The highest BCUT2D eigenvalue weighted by atomic mass is 32.2. The van der Waals surface area contributed by atoms with E-state index < -0.39 is 0 Å². The summed E-state index contributed by atoms with van der Waals surface area (Å²) in [5.74, 6) is 1.46. The molecule has 0 atom stereocenters. The number of nitrogens with zero attached hydrogens (tertiary/aromatic N) is 4. The van der Waals surface area contributed by atoms with E-state index in [9.17, 15) is 4.79 Å². The van der Waals surface area contributed by atoms with Crippen molar-refractivity contribution in [2.45, 2.75) is 44.1 Å². The summed E-state index contributed by atoms with van der Waals surface area (Å²) in [4.78, 5) is 12.8. The van der Waals surface area contributed by atoms with Gasteiger partial charge in [-0.1, -0.05) is 54.9 Å². The van der Waals surface area contributed by atoms with Crippen molar-refractivity contribution in [2.24, 2.45) is 0 Å². The van der Waals surface area contributed by atoms with E-state index in [1.54, 1.807) is 16.3 Å². The Morgan fingerprint density at radius 1 is 1.15 bits per heavy atom. The van der Waals surface area contributed by atoms with Gasteiger partial charge in [-0.2, -0.15) is 0 Å². The largest absolute Gasteiger partial charge is 0.276 e. The molecule has 134 valence electrons. The average Bonchev–Trinajstić information content (AvgIpc) is 3.28. The predicted octanol–water partition coefficient (Wildman–Crippen LogP) is 4.51. The van der Waals surface area contributed by atoms with Crippen LogP contribution in [0.1, 0.15) is 30.9 Å². The summed E-state index contributed by atoms with van der Waals surface area (Å²) in [7, 11) is 0. The maximum absolute atomic E-state index is 12.8. The quantitative estimate of drug-likeness (QED) is 0.459. The highest BCUT2D eigenvalue weighted by Gasteiger charge is 2.17. The first kappa shape index (κ1) is 17.3. The van der Waals surface area contributed by atoms with E-state index in [-0.39, 0.29) is 5.56 Å². The molecule has 3 aromatic heterocycles. The Hall–Kier alpha value is -2.12. The minimum Gasteiger partial charge on any atom is -0.276 e. The molecule has 4 aromatic rings. The molecule has 4 rings (SSSR count). The van der Waals surface area contributed by atoms with Gasteiger partial charge in [0, 0.05) is 12.3 Å². The molecule has 0 aliphatic rings. The Balaban J connectivity index is 1.77. The monoisotopic (exact) mass is 384 g/mol. The lowest BCUT2D eigenvalue weighted by Gasteiger charge is -2.08. The van der Waals surface area contributed by atoms with Crippen LogP contribution < -0.4 is 5.56 Å². The summed E-state index contributed by atoms with van der Waals surface area (Å²) in [6, 6.07) is 10.5. The molecule has 0 aliphatic heterocycles. The number of fused-ring (bicyclic) bond motifs is 3. The Morgan fingerprint density at radius 2 is 1.96 bits per heavy atom. The topological polar surface area (TPSA) is 52.2 Å². The van der Waals surface area contributed by atoms with Gasteiger partial charge in [0.1, 0.15) is 4.70 Å². The van der Waals surface area contributed by atoms with Crippen LogP contribution in [0.5, 0.6) is 0 Å². The minimum absolute atomic E-state index is 0.0402. The standard InChI is InChI=1S/C19H20N4OS2/c1-3-4-10-22-17(24)16-15(9-11-25-16)23-18(22)20-21-19(23)26-12-14-7-5-13(2)6-8-14/h5-9,11H,3-4,10,12H2,1-2H3. The van der Waals surface area contributed by atoms with E-state index in [2.05, 4.69) is 48.3 Å². The molecule has 26 heavy (non-hydrogen) atoms. The van der Waals surface area contributed by atoms with Crippen LogP contribution >= 0.6 is 23.1 Å². The molecule has 0 spiro atoms. The third-order valence-electron chi connectivity index (χ3n) is 4.41. The molecule has 0 N–H and O–H groups in total. The zero-order chi connectivity index (χ0) is 18.1. The van der Waals surface area contributed by atoms with Crippen molar-refractivity contribution >= 4 is 39.1 Å². The summed E-state index contributed by atoms with van der Waals surface area (Å²) in [6.07, 6.45) is 1.98. The summed E-state index contributed by atoms with van der Waals surface area (Å²) in [6.45, 7) is 4.89. The van der Waals surface area contributed by atoms with E-state index >= 15 is 0 Å². The van der Waals surface area contributed by atoms with Crippen molar-refractivity contribution in [1.29, 1.82) is 0 Å². The Morgan fingerprint density at radius 3 is 2.73 bits per heavy atom. The van der Waals surface area contributed by atoms with E-state index in [0.717, 1.165) is 34.0 Å². The van der Waals surface area contributed by atoms with Crippen LogP contribution in [0.15, 0.2) is 45.7 Å². The molecular weight excluding hydrogens is 364 g/mol. The molecule has 0 saturated carbocycles. The fourth-order valence-corrected chi connectivity index (χ4v) is 4.66. The average molecular weight is 385 g/mol. The van der Waals surface area contributed by atoms with Gasteiger partial charge in [0.25, 0.3) is 5.56 Å². The van der Waals surface area contributed by atoms with E-state index in [4.69, 9.17) is 0 Å². The molecule has 1 aromatic carbocycles. The number of hydrogen-bond donors (Lipinski definition) is 0. The second-order valence-corrected chi connectivity index (χ2v) is 8.20. The van der Waals surface area contributed by atoms with Gasteiger partial charge in [-0.15, -0.1) is 21.5 Å². The summed E-state index contributed by atoms with van der Waals surface area (Å²) >= 11 is 3.14. The van der Waals surface area contributed by atoms with Crippen molar-refractivity contribution in [2.75, 3.05) is 0 Å². The molecule has 0 radical (unpaired) electrons. The van der Waals surface area contributed by atoms with Gasteiger partial charge in [0.05, 0.1) is 5.52 Å². The first-order chi connectivity index (χ1) is 12.7. The highest BCUT2D eigenvalue weighted by Crippen LogP contribution is 2.26. The van der Waals surface area contributed by atoms with Crippen LogP contribution in [-0.2, 0) is 12.3 Å². The van der Waals surface area contributed by atoms with Crippen LogP contribution in [0, 0.1) is 6.92 Å². The zero-order valence-electron chi connectivity index (χ0n) is 14.8.